The van der Waals surface area contributed by atoms with Gasteiger partial charge in [-0.05, 0) is 31.0 Å². The van der Waals surface area contributed by atoms with Gasteiger partial charge in [0.25, 0.3) is 5.56 Å². The minimum Gasteiger partial charge on any atom is -0.480 e. The second-order valence-electron chi connectivity index (χ2n) is 5.51. The number of aryl methyl sites for hydroxylation is 2. The molecule has 0 fully saturated rings. The summed E-state index contributed by atoms with van der Waals surface area (Å²) in [7, 11) is 0. The Kier molecular flexibility index (Phi) is 5.53. The lowest BCUT2D eigenvalue weighted by Crippen LogP contribution is -2.18. The van der Waals surface area contributed by atoms with E-state index < -0.39 is 5.97 Å². The lowest BCUT2D eigenvalue weighted by Gasteiger charge is -2.09. The fourth-order valence-electron chi connectivity index (χ4n) is 2.17. The number of hydrogen-bond donors (Lipinski definition) is 0. The standard InChI is InChI=1S/C17H16ClN3O4S/c1-3-14-20-21-15(22)7-11(19-17(21)26-14)8-25-16(23)9-24-13-6-10(2)4-5-12(13)18/h4-7H,3,8-9H2,1-2H3. The molecule has 0 N–H and O–H groups in total. The van der Waals surface area contributed by atoms with Gasteiger partial charge < -0.3 is 9.47 Å². The third-order valence-electron chi connectivity index (χ3n) is 3.46. The second-order valence-corrected chi connectivity index (χ2v) is 6.96. The number of carbonyl (C=O) groups excluding carboxylic acids is 1. The van der Waals surface area contributed by atoms with Gasteiger partial charge >= 0.3 is 5.97 Å². The van der Waals surface area contributed by atoms with E-state index >= 15 is 0 Å². The number of carbonyl (C=O) groups is 1. The highest BCUT2D eigenvalue weighted by molar-refractivity contribution is 7.16. The molecule has 136 valence electrons. The number of halogens is 1. The number of rotatable bonds is 6. The first kappa shape index (κ1) is 18.3. The first-order chi connectivity index (χ1) is 12.5. The number of fused-ring (bicyclic) bond motifs is 1. The summed E-state index contributed by atoms with van der Waals surface area (Å²) in [5.74, 6) is -0.165. The Morgan fingerprint density at radius 2 is 2.15 bits per heavy atom. The third kappa shape index (κ3) is 4.20. The Morgan fingerprint density at radius 3 is 2.92 bits per heavy atom. The molecule has 0 aliphatic heterocycles. The molecule has 0 radical (unpaired) electrons. The molecule has 0 aliphatic carbocycles. The van der Waals surface area contributed by atoms with Crippen molar-refractivity contribution in [2.75, 3.05) is 6.61 Å². The molecule has 0 unspecified atom stereocenters. The molecular weight excluding hydrogens is 378 g/mol. The Labute approximate surface area is 158 Å². The van der Waals surface area contributed by atoms with Crippen LogP contribution in [0.5, 0.6) is 5.75 Å². The van der Waals surface area contributed by atoms with Gasteiger partial charge in [0, 0.05) is 6.07 Å². The molecule has 3 rings (SSSR count). The van der Waals surface area contributed by atoms with Crippen molar-refractivity contribution in [1.82, 2.24) is 14.6 Å². The SMILES string of the molecule is CCc1nn2c(=O)cc(COC(=O)COc3cc(C)ccc3Cl)nc2s1. The predicted molar refractivity (Wildman–Crippen MR) is 98.0 cm³/mol. The van der Waals surface area contributed by atoms with Crippen molar-refractivity contribution in [3.8, 4) is 5.75 Å². The lowest BCUT2D eigenvalue weighted by molar-refractivity contribution is -0.147. The van der Waals surface area contributed by atoms with Gasteiger partial charge in [-0.1, -0.05) is 35.9 Å². The molecule has 26 heavy (non-hydrogen) atoms. The van der Waals surface area contributed by atoms with E-state index in [4.69, 9.17) is 21.1 Å². The molecule has 7 nitrogen and oxygen atoms in total. The maximum Gasteiger partial charge on any atom is 0.344 e. The summed E-state index contributed by atoms with van der Waals surface area (Å²) in [6.07, 6.45) is 0.719. The van der Waals surface area contributed by atoms with Gasteiger partial charge in [-0.15, -0.1) is 0 Å². The normalized spacial score (nSPS) is 10.9. The van der Waals surface area contributed by atoms with Crippen molar-refractivity contribution < 1.29 is 14.3 Å². The van der Waals surface area contributed by atoms with Crippen molar-refractivity contribution >= 4 is 33.9 Å². The number of aromatic nitrogens is 3. The fourth-order valence-corrected chi connectivity index (χ4v) is 3.20. The van der Waals surface area contributed by atoms with Gasteiger partial charge in [0.15, 0.2) is 6.61 Å². The van der Waals surface area contributed by atoms with Crippen LogP contribution in [0, 0.1) is 6.92 Å². The van der Waals surface area contributed by atoms with Crippen LogP contribution in [0.2, 0.25) is 5.02 Å². The minimum absolute atomic E-state index is 0.116. The second kappa shape index (κ2) is 7.84. The highest BCUT2D eigenvalue weighted by Gasteiger charge is 2.11. The van der Waals surface area contributed by atoms with E-state index in [0.717, 1.165) is 17.0 Å². The maximum absolute atomic E-state index is 12.0. The molecule has 9 heteroatoms. The molecular formula is C17H16ClN3O4S. The summed E-state index contributed by atoms with van der Waals surface area (Å²) in [5, 5.41) is 5.39. The van der Waals surface area contributed by atoms with E-state index in [1.54, 1.807) is 12.1 Å². The molecule has 2 aromatic heterocycles. The molecule has 1 aromatic carbocycles. The summed E-state index contributed by atoms with van der Waals surface area (Å²) >= 11 is 7.34. The molecule has 0 bridgehead atoms. The summed E-state index contributed by atoms with van der Waals surface area (Å²) in [6.45, 7) is 3.44. The minimum atomic E-state index is -0.580. The number of benzene rings is 1. The summed E-state index contributed by atoms with van der Waals surface area (Å²) in [5.41, 5.74) is 1.02. The van der Waals surface area contributed by atoms with Crippen molar-refractivity contribution in [2.24, 2.45) is 0 Å². The number of nitrogens with zero attached hydrogens (tertiary/aromatic N) is 3. The molecule has 3 aromatic rings. The zero-order valence-corrected chi connectivity index (χ0v) is 15.8. The van der Waals surface area contributed by atoms with E-state index in [0.29, 0.717) is 21.4 Å². The van der Waals surface area contributed by atoms with Gasteiger partial charge in [-0.25, -0.2) is 9.78 Å². The number of ether oxygens (including phenoxy) is 2. The first-order valence-electron chi connectivity index (χ1n) is 7.89. The van der Waals surface area contributed by atoms with E-state index in [1.807, 2.05) is 19.9 Å². The van der Waals surface area contributed by atoms with Gasteiger partial charge in [0.2, 0.25) is 4.96 Å². The topological polar surface area (TPSA) is 82.8 Å². The van der Waals surface area contributed by atoms with E-state index in [2.05, 4.69) is 10.1 Å². The van der Waals surface area contributed by atoms with Gasteiger partial charge in [-0.2, -0.15) is 9.61 Å². The lowest BCUT2D eigenvalue weighted by atomic mass is 10.2. The van der Waals surface area contributed by atoms with Gasteiger partial charge in [-0.3, -0.25) is 4.79 Å². The van der Waals surface area contributed by atoms with Crippen LogP contribution in [0.4, 0.5) is 0 Å². The van der Waals surface area contributed by atoms with E-state index in [9.17, 15) is 9.59 Å². The Hall–Kier alpha value is -2.45. The first-order valence-corrected chi connectivity index (χ1v) is 9.09. The fraction of sp³-hybridized carbons (Fsp3) is 0.294. The zero-order chi connectivity index (χ0) is 18.7. The predicted octanol–water partition coefficient (Wildman–Crippen LogP) is 2.80. The van der Waals surface area contributed by atoms with Crippen LogP contribution in [0.25, 0.3) is 4.96 Å². The number of hydrogen-bond acceptors (Lipinski definition) is 7. The van der Waals surface area contributed by atoms with Crippen LogP contribution in [0.1, 0.15) is 23.2 Å². The molecule has 0 amide bonds. The summed E-state index contributed by atoms with van der Waals surface area (Å²) in [6, 6.07) is 6.58. The molecule has 0 saturated heterocycles. The highest BCUT2D eigenvalue weighted by Crippen LogP contribution is 2.25. The van der Waals surface area contributed by atoms with Crippen LogP contribution in [-0.4, -0.2) is 27.2 Å². The van der Waals surface area contributed by atoms with Crippen LogP contribution in [0.15, 0.2) is 29.1 Å². The van der Waals surface area contributed by atoms with E-state index in [1.165, 1.54) is 21.9 Å². The smallest absolute Gasteiger partial charge is 0.344 e. The Bertz CT molecular complexity index is 1010. The largest absolute Gasteiger partial charge is 0.480 e. The van der Waals surface area contributed by atoms with Crippen molar-refractivity contribution in [1.29, 1.82) is 0 Å². The van der Waals surface area contributed by atoms with Crippen LogP contribution < -0.4 is 10.3 Å². The number of esters is 1. The molecule has 0 spiro atoms. The van der Waals surface area contributed by atoms with Gasteiger partial charge in [0.05, 0.1) is 10.7 Å². The Balaban J connectivity index is 1.61. The Morgan fingerprint density at radius 1 is 1.35 bits per heavy atom. The summed E-state index contributed by atoms with van der Waals surface area (Å²) in [4.78, 5) is 28.7. The van der Waals surface area contributed by atoms with Crippen molar-refractivity contribution in [2.45, 2.75) is 26.9 Å². The average Bonchev–Trinajstić information content (AvgIpc) is 3.04. The molecule has 0 aliphatic rings. The molecule has 2 heterocycles. The third-order valence-corrected chi connectivity index (χ3v) is 4.82. The highest BCUT2D eigenvalue weighted by atomic mass is 35.5. The zero-order valence-electron chi connectivity index (χ0n) is 14.2. The quantitative estimate of drug-likeness (QED) is 0.599. The average molecular weight is 394 g/mol. The van der Waals surface area contributed by atoms with Crippen LogP contribution in [-0.2, 0) is 22.6 Å². The van der Waals surface area contributed by atoms with Gasteiger partial charge in [0.1, 0.15) is 17.4 Å². The van der Waals surface area contributed by atoms with Crippen molar-refractivity contribution in [3.63, 3.8) is 0 Å². The van der Waals surface area contributed by atoms with E-state index in [-0.39, 0.29) is 18.8 Å². The van der Waals surface area contributed by atoms with Crippen LogP contribution >= 0.6 is 22.9 Å². The maximum atomic E-state index is 12.0. The van der Waals surface area contributed by atoms with Crippen molar-refractivity contribution in [3.05, 3.63) is 55.9 Å². The molecule has 0 saturated carbocycles. The molecule has 0 atom stereocenters. The van der Waals surface area contributed by atoms with Crippen LogP contribution in [0.3, 0.4) is 0 Å². The monoisotopic (exact) mass is 393 g/mol. The summed E-state index contributed by atoms with van der Waals surface area (Å²) < 4.78 is 11.8.